The Morgan fingerprint density at radius 2 is 1.07 bits per heavy atom. The molecule has 2 atom stereocenters. The molecule has 0 aliphatic carbocycles. The van der Waals surface area contributed by atoms with Crippen molar-refractivity contribution in [3.8, 4) is 0 Å². The van der Waals surface area contributed by atoms with Crippen LogP contribution in [-0.4, -0.2) is 41.9 Å². The highest BCUT2D eigenvalue weighted by atomic mass is 32.2. The first-order chi connectivity index (χ1) is 20.3. The number of rotatable bonds is 31. The molecular formula is C35H67NO5S. The van der Waals surface area contributed by atoms with E-state index in [-0.39, 0.29) is 5.91 Å². The van der Waals surface area contributed by atoms with E-state index >= 15 is 0 Å². The lowest BCUT2D eigenvalue weighted by atomic mass is 10.0. The Morgan fingerprint density at radius 1 is 0.643 bits per heavy atom. The number of carbonyl (C=O) groups excluding carboxylic acids is 1. The SMILES string of the molecule is CCCCCCC/C=C\C/C=C\CCCCCCCCCCCC(=O)NC(CS(=O)(=O)O)C(O)CCCCCCCC. The van der Waals surface area contributed by atoms with Crippen LogP contribution in [-0.2, 0) is 14.9 Å². The molecule has 0 aromatic carbocycles. The van der Waals surface area contributed by atoms with E-state index in [9.17, 15) is 22.9 Å². The van der Waals surface area contributed by atoms with Gasteiger partial charge in [-0.15, -0.1) is 0 Å². The summed E-state index contributed by atoms with van der Waals surface area (Å²) in [5, 5.41) is 13.1. The van der Waals surface area contributed by atoms with Crippen molar-refractivity contribution in [2.75, 3.05) is 5.75 Å². The van der Waals surface area contributed by atoms with Gasteiger partial charge in [-0.25, -0.2) is 0 Å². The summed E-state index contributed by atoms with van der Waals surface area (Å²) in [6.07, 6.45) is 35.9. The van der Waals surface area contributed by atoms with Gasteiger partial charge in [0.25, 0.3) is 10.1 Å². The second-order valence-electron chi connectivity index (χ2n) is 12.1. The molecular weight excluding hydrogens is 546 g/mol. The predicted molar refractivity (Wildman–Crippen MR) is 179 cm³/mol. The maximum Gasteiger partial charge on any atom is 0.266 e. The van der Waals surface area contributed by atoms with Gasteiger partial charge >= 0.3 is 0 Å². The molecule has 3 N–H and O–H groups in total. The maximum atomic E-state index is 12.4. The number of aliphatic hydroxyl groups excluding tert-OH is 1. The number of carbonyl (C=O) groups is 1. The Kier molecular flexibility index (Phi) is 29.0. The van der Waals surface area contributed by atoms with Gasteiger partial charge in [0.2, 0.25) is 5.91 Å². The van der Waals surface area contributed by atoms with E-state index in [4.69, 9.17) is 0 Å². The van der Waals surface area contributed by atoms with Crippen LogP contribution >= 0.6 is 0 Å². The fourth-order valence-electron chi connectivity index (χ4n) is 5.25. The lowest BCUT2D eigenvalue weighted by Gasteiger charge is -2.23. The number of allylic oxidation sites excluding steroid dienone is 4. The highest BCUT2D eigenvalue weighted by Gasteiger charge is 2.26. The van der Waals surface area contributed by atoms with Crippen LogP contribution in [0.1, 0.15) is 174 Å². The fraction of sp³-hybridized carbons (Fsp3) is 0.857. The molecule has 0 radical (unpaired) electrons. The predicted octanol–water partition coefficient (Wildman–Crippen LogP) is 9.62. The average Bonchev–Trinajstić information content (AvgIpc) is 2.94. The Balaban J connectivity index is 3.78. The van der Waals surface area contributed by atoms with Gasteiger partial charge in [0, 0.05) is 6.42 Å². The minimum atomic E-state index is -4.29. The fourth-order valence-corrected chi connectivity index (χ4v) is 6.01. The van der Waals surface area contributed by atoms with Gasteiger partial charge in [-0.1, -0.05) is 147 Å². The topological polar surface area (TPSA) is 104 Å². The molecule has 248 valence electrons. The Labute approximate surface area is 260 Å². The normalized spacial score (nSPS) is 13.7. The Bertz CT molecular complexity index is 765. The van der Waals surface area contributed by atoms with Crippen molar-refractivity contribution in [1.29, 1.82) is 0 Å². The highest BCUT2D eigenvalue weighted by Crippen LogP contribution is 2.14. The molecule has 0 heterocycles. The summed E-state index contributed by atoms with van der Waals surface area (Å²) >= 11 is 0. The van der Waals surface area contributed by atoms with Crippen molar-refractivity contribution in [3.05, 3.63) is 24.3 Å². The van der Waals surface area contributed by atoms with Crippen molar-refractivity contribution >= 4 is 16.0 Å². The van der Waals surface area contributed by atoms with E-state index < -0.39 is 28.0 Å². The van der Waals surface area contributed by atoms with Crippen LogP contribution < -0.4 is 5.32 Å². The van der Waals surface area contributed by atoms with Crippen LogP contribution in [0.15, 0.2) is 24.3 Å². The number of unbranched alkanes of at least 4 members (excludes halogenated alkanes) is 19. The molecule has 0 aromatic heterocycles. The number of aliphatic hydroxyl groups is 1. The van der Waals surface area contributed by atoms with E-state index in [0.717, 1.165) is 51.4 Å². The molecule has 2 unspecified atom stereocenters. The maximum absolute atomic E-state index is 12.4. The summed E-state index contributed by atoms with van der Waals surface area (Å²) in [6, 6.07) is -0.967. The van der Waals surface area contributed by atoms with Crippen LogP contribution in [0.4, 0.5) is 0 Å². The second-order valence-corrected chi connectivity index (χ2v) is 13.6. The van der Waals surface area contributed by atoms with Gasteiger partial charge in [0.05, 0.1) is 17.9 Å². The summed E-state index contributed by atoms with van der Waals surface area (Å²) in [5.41, 5.74) is 0. The van der Waals surface area contributed by atoms with Crippen molar-refractivity contribution < 1.29 is 22.9 Å². The first kappa shape index (κ1) is 40.8. The number of nitrogens with one attached hydrogen (secondary N) is 1. The lowest BCUT2D eigenvalue weighted by Crippen LogP contribution is -2.47. The van der Waals surface area contributed by atoms with Gasteiger partial charge in [-0.3, -0.25) is 9.35 Å². The number of hydrogen-bond donors (Lipinski definition) is 3. The third kappa shape index (κ3) is 30.3. The van der Waals surface area contributed by atoms with E-state index in [1.165, 1.54) is 96.3 Å². The van der Waals surface area contributed by atoms with Crippen molar-refractivity contribution in [2.45, 2.75) is 187 Å². The minimum absolute atomic E-state index is 0.256. The van der Waals surface area contributed by atoms with Crippen molar-refractivity contribution in [1.82, 2.24) is 5.32 Å². The Hall–Kier alpha value is -1.18. The molecule has 7 heteroatoms. The van der Waals surface area contributed by atoms with Gasteiger partial charge in [-0.05, 0) is 44.9 Å². The van der Waals surface area contributed by atoms with Gasteiger partial charge in [0.15, 0.2) is 0 Å². The minimum Gasteiger partial charge on any atom is -0.391 e. The van der Waals surface area contributed by atoms with E-state index in [2.05, 4.69) is 43.5 Å². The summed E-state index contributed by atoms with van der Waals surface area (Å²) < 4.78 is 32.1. The molecule has 0 bridgehead atoms. The Morgan fingerprint density at radius 3 is 1.55 bits per heavy atom. The molecule has 0 aliphatic rings. The first-order valence-corrected chi connectivity index (χ1v) is 19.1. The van der Waals surface area contributed by atoms with Gasteiger partial charge in [0.1, 0.15) is 0 Å². The third-order valence-corrected chi connectivity index (χ3v) is 8.69. The largest absolute Gasteiger partial charge is 0.391 e. The van der Waals surface area contributed by atoms with Gasteiger partial charge in [-0.2, -0.15) is 8.42 Å². The lowest BCUT2D eigenvalue weighted by molar-refractivity contribution is -0.122. The van der Waals surface area contributed by atoms with E-state index in [1.807, 2.05) is 0 Å². The first-order valence-electron chi connectivity index (χ1n) is 17.5. The van der Waals surface area contributed by atoms with Crippen molar-refractivity contribution in [3.63, 3.8) is 0 Å². The summed E-state index contributed by atoms with van der Waals surface area (Å²) in [4.78, 5) is 12.4. The zero-order chi connectivity index (χ0) is 31.2. The average molecular weight is 614 g/mol. The molecule has 42 heavy (non-hydrogen) atoms. The molecule has 0 saturated carbocycles. The molecule has 0 rings (SSSR count). The summed E-state index contributed by atoms with van der Waals surface area (Å²) in [5.74, 6) is -0.906. The molecule has 0 spiro atoms. The third-order valence-electron chi connectivity index (χ3n) is 7.91. The number of amides is 1. The second kappa shape index (κ2) is 29.9. The van der Waals surface area contributed by atoms with Crippen LogP contribution in [0.5, 0.6) is 0 Å². The van der Waals surface area contributed by atoms with Crippen LogP contribution in [0.3, 0.4) is 0 Å². The zero-order valence-electron chi connectivity index (χ0n) is 27.4. The molecule has 0 aliphatic heterocycles. The van der Waals surface area contributed by atoms with Gasteiger partial charge < -0.3 is 10.4 Å². The molecule has 6 nitrogen and oxygen atoms in total. The molecule has 0 saturated heterocycles. The van der Waals surface area contributed by atoms with Crippen molar-refractivity contribution in [2.24, 2.45) is 0 Å². The monoisotopic (exact) mass is 613 g/mol. The summed E-state index contributed by atoms with van der Waals surface area (Å²) in [7, 11) is -4.29. The standard InChI is InChI=1S/C35H67NO5S/c1-3-5-7-9-11-12-13-14-15-16-17-18-19-20-21-22-23-24-25-27-29-31-35(38)36-33(32-42(39,40)41)34(37)30-28-26-10-8-6-4-2/h13-14,16-17,33-34,37H,3-12,15,18-32H2,1-2H3,(H,36,38)(H,39,40,41)/b14-13-,17-16-. The van der Waals surface area contributed by atoms with E-state index in [1.54, 1.807) is 0 Å². The summed E-state index contributed by atoms with van der Waals surface area (Å²) in [6.45, 7) is 4.42. The highest BCUT2D eigenvalue weighted by molar-refractivity contribution is 7.85. The zero-order valence-corrected chi connectivity index (χ0v) is 28.2. The quantitative estimate of drug-likeness (QED) is 0.0410. The van der Waals surface area contributed by atoms with Crippen LogP contribution in [0, 0.1) is 0 Å². The molecule has 1 amide bonds. The van der Waals surface area contributed by atoms with Crippen LogP contribution in [0.2, 0.25) is 0 Å². The molecule has 0 aromatic rings. The molecule has 0 fully saturated rings. The number of hydrogen-bond acceptors (Lipinski definition) is 4. The smallest absolute Gasteiger partial charge is 0.266 e. The van der Waals surface area contributed by atoms with E-state index in [0.29, 0.717) is 12.8 Å². The van der Waals surface area contributed by atoms with Crippen LogP contribution in [0.25, 0.3) is 0 Å².